The molecule has 1 aromatic heterocycles. The number of alkyl halides is 3. The molecule has 0 aliphatic heterocycles. The number of amides is 1. The van der Waals surface area contributed by atoms with Crippen molar-refractivity contribution in [2.45, 2.75) is 26.6 Å². The Kier molecular flexibility index (Phi) is 6.45. The van der Waals surface area contributed by atoms with Crippen molar-refractivity contribution < 1.29 is 32.0 Å². The number of ether oxygens (including phenoxy) is 2. The first-order valence-corrected chi connectivity index (χ1v) is 9.38. The molecule has 1 N–H and O–H groups in total. The minimum atomic E-state index is -4.64. The molecule has 6 nitrogen and oxygen atoms in total. The Morgan fingerprint density at radius 1 is 1.16 bits per heavy atom. The van der Waals surface area contributed by atoms with Crippen LogP contribution in [0, 0.1) is 13.8 Å². The lowest BCUT2D eigenvalue weighted by Gasteiger charge is -2.13. The molecule has 0 spiro atoms. The van der Waals surface area contributed by atoms with Crippen molar-refractivity contribution >= 4 is 23.2 Å². The van der Waals surface area contributed by atoms with Crippen LogP contribution in [-0.4, -0.2) is 18.2 Å². The molecule has 0 unspecified atom stereocenters. The van der Waals surface area contributed by atoms with E-state index >= 15 is 0 Å². The van der Waals surface area contributed by atoms with Crippen molar-refractivity contribution in [2.24, 2.45) is 0 Å². The lowest BCUT2D eigenvalue weighted by molar-refractivity contribution is -0.137. The van der Waals surface area contributed by atoms with E-state index in [4.69, 9.17) is 25.6 Å². The minimum Gasteiger partial charge on any atom is -0.493 e. The van der Waals surface area contributed by atoms with Gasteiger partial charge in [0.25, 0.3) is 5.91 Å². The molecule has 0 atom stereocenters. The van der Waals surface area contributed by atoms with Crippen LogP contribution in [0.5, 0.6) is 11.5 Å². The summed E-state index contributed by atoms with van der Waals surface area (Å²) in [6.45, 7) is 3.75. The minimum absolute atomic E-state index is 0.0422. The molecule has 0 fully saturated rings. The van der Waals surface area contributed by atoms with Gasteiger partial charge in [-0.15, -0.1) is 0 Å². The third kappa shape index (κ3) is 5.11. The summed E-state index contributed by atoms with van der Waals surface area (Å²) in [7, 11) is 1.41. The van der Waals surface area contributed by atoms with Crippen LogP contribution < -0.4 is 14.8 Å². The van der Waals surface area contributed by atoms with Gasteiger partial charge in [0, 0.05) is 11.3 Å². The Bertz CT molecular complexity index is 1090. The van der Waals surface area contributed by atoms with Crippen LogP contribution in [0.2, 0.25) is 5.02 Å². The maximum absolute atomic E-state index is 13.0. The Balaban J connectivity index is 1.77. The number of carbonyl (C=O) groups excluding carboxylic acids is 1. The van der Waals surface area contributed by atoms with Gasteiger partial charge in [-0.05, 0) is 50.2 Å². The number of nitrogens with zero attached hydrogens (tertiary/aromatic N) is 1. The van der Waals surface area contributed by atoms with E-state index in [-0.39, 0.29) is 23.6 Å². The smallest absolute Gasteiger partial charge is 0.417 e. The first-order valence-electron chi connectivity index (χ1n) is 9.01. The summed E-state index contributed by atoms with van der Waals surface area (Å²) < 4.78 is 55.2. The van der Waals surface area contributed by atoms with E-state index in [0.29, 0.717) is 17.2 Å². The monoisotopic (exact) mass is 454 g/mol. The van der Waals surface area contributed by atoms with Crippen LogP contribution in [0.1, 0.15) is 32.9 Å². The van der Waals surface area contributed by atoms with Gasteiger partial charge in [-0.2, -0.15) is 13.2 Å². The summed E-state index contributed by atoms with van der Waals surface area (Å²) in [5, 5.41) is 5.83. The lowest BCUT2D eigenvalue weighted by Crippen LogP contribution is -2.14. The van der Waals surface area contributed by atoms with E-state index in [2.05, 4.69) is 10.5 Å². The van der Waals surface area contributed by atoms with Crippen molar-refractivity contribution in [3.05, 3.63) is 69.6 Å². The molecule has 3 aromatic rings. The molecule has 164 valence electrons. The zero-order valence-corrected chi connectivity index (χ0v) is 17.5. The molecule has 31 heavy (non-hydrogen) atoms. The first-order chi connectivity index (χ1) is 14.6. The van der Waals surface area contributed by atoms with Crippen molar-refractivity contribution in [3.63, 3.8) is 0 Å². The Morgan fingerprint density at radius 2 is 1.90 bits per heavy atom. The number of anilines is 1. The first kappa shape index (κ1) is 22.5. The van der Waals surface area contributed by atoms with Gasteiger partial charge in [0.15, 0.2) is 11.5 Å². The zero-order valence-electron chi connectivity index (χ0n) is 16.8. The van der Waals surface area contributed by atoms with Crippen LogP contribution in [0.25, 0.3) is 0 Å². The van der Waals surface area contributed by atoms with E-state index in [1.165, 1.54) is 31.4 Å². The van der Waals surface area contributed by atoms with Gasteiger partial charge in [-0.1, -0.05) is 16.8 Å². The maximum Gasteiger partial charge on any atom is 0.417 e. The topological polar surface area (TPSA) is 73.6 Å². The van der Waals surface area contributed by atoms with Gasteiger partial charge >= 0.3 is 6.18 Å². The number of nitrogens with one attached hydrogen (secondary N) is 1. The van der Waals surface area contributed by atoms with Gasteiger partial charge in [0.2, 0.25) is 0 Å². The normalized spacial score (nSPS) is 11.3. The number of methoxy groups -OCH3 is 1. The predicted octanol–water partition coefficient (Wildman–Crippen LogP) is 5.80. The Labute approximate surface area is 180 Å². The fourth-order valence-corrected chi connectivity index (χ4v) is 3.03. The average molecular weight is 455 g/mol. The van der Waals surface area contributed by atoms with Gasteiger partial charge in [-0.3, -0.25) is 4.79 Å². The largest absolute Gasteiger partial charge is 0.493 e. The number of aromatic nitrogens is 1. The lowest BCUT2D eigenvalue weighted by atomic mass is 10.1. The molecule has 0 aliphatic carbocycles. The SMILES string of the molecule is COc1cc(C(=O)Nc2ccc(Cl)c(C(F)(F)F)c2)ccc1OCc1c(C)noc1C. The van der Waals surface area contributed by atoms with Crippen LogP contribution >= 0.6 is 11.6 Å². The van der Waals surface area contributed by atoms with Crippen molar-refractivity contribution in [3.8, 4) is 11.5 Å². The summed E-state index contributed by atoms with van der Waals surface area (Å²) in [6, 6.07) is 7.58. The number of benzene rings is 2. The molecule has 2 aromatic carbocycles. The molecule has 0 saturated carbocycles. The van der Waals surface area contributed by atoms with Gasteiger partial charge < -0.3 is 19.3 Å². The Morgan fingerprint density at radius 3 is 2.52 bits per heavy atom. The van der Waals surface area contributed by atoms with Crippen LogP contribution in [-0.2, 0) is 12.8 Å². The van der Waals surface area contributed by atoms with Crippen molar-refractivity contribution in [1.29, 1.82) is 0 Å². The van der Waals surface area contributed by atoms with Crippen molar-refractivity contribution in [2.75, 3.05) is 12.4 Å². The van der Waals surface area contributed by atoms with Gasteiger partial charge in [0.1, 0.15) is 12.4 Å². The van der Waals surface area contributed by atoms with E-state index in [1.54, 1.807) is 13.8 Å². The van der Waals surface area contributed by atoms with Crippen molar-refractivity contribution in [1.82, 2.24) is 5.16 Å². The highest BCUT2D eigenvalue weighted by molar-refractivity contribution is 6.31. The molecule has 10 heteroatoms. The maximum atomic E-state index is 13.0. The quantitative estimate of drug-likeness (QED) is 0.509. The van der Waals surface area contributed by atoms with E-state index in [0.717, 1.165) is 17.7 Å². The zero-order chi connectivity index (χ0) is 22.8. The number of hydrogen-bond donors (Lipinski definition) is 1. The second kappa shape index (κ2) is 8.89. The average Bonchev–Trinajstić information content (AvgIpc) is 3.04. The second-order valence-electron chi connectivity index (χ2n) is 6.60. The van der Waals surface area contributed by atoms with Crippen LogP contribution in [0.15, 0.2) is 40.9 Å². The molecule has 1 heterocycles. The third-order valence-corrected chi connectivity index (χ3v) is 4.84. The molecule has 3 rings (SSSR count). The highest BCUT2D eigenvalue weighted by atomic mass is 35.5. The number of carbonyl (C=O) groups is 1. The summed E-state index contributed by atoms with van der Waals surface area (Å²) in [5.41, 5.74) is 0.595. The summed E-state index contributed by atoms with van der Waals surface area (Å²) in [6.07, 6.45) is -4.64. The van der Waals surface area contributed by atoms with Crippen LogP contribution in [0.4, 0.5) is 18.9 Å². The standard InChI is InChI=1S/C21H18ClF3N2O4/c1-11-15(12(2)31-27-11)10-30-18-7-4-13(8-19(18)29-3)20(28)26-14-5-6-17(22)16(9-14)21(23,24)25/h4-9H,10H2,1-3H3,(H,26,28). The molecule has 0 radical (unpaired) electrons. The summed E-state index contributed by atoms with van der Waals surface area (Å²) >= 11 is 5.60. The highest BCUT2D eigenvalue weighted by Gasteiger charge is 2.33. The van der Waals surface area contributed by atoms with Gasteiger partial charge in [-0.25, -0.2) is 0 Å². The molecule has 1 amide bonds. The van der Waals surface area contributed by atoms with E-state index in [9.17, 15) is 18.0 Å². The van der Waals surface area contributed by atoms with Crippen LogP contribution in [0.3, 0.4) is 0 Å². The second-order valence-corrected chi connectivity index (χ2v) is 7.01. The van der Waals surface area contributed by atoms with E-state index < -0.39 is 22.7 Å². The van der Waals surface area contributed by atoms with E-state index in [1.807, 2.05) is 0 Å². The number of aryl methyl sites for hydroxylation is 2. The number of rotatable bonds is 6. The summed E-state index contributed by atoms with van der Waals surface area (Å²) in [4.78, 5) is 12.5. The highest BCUT2D eigenvalue weighted by Crippen LogP contribution is 2.36. The predicted molar refractivity (Wildman–Crippen MR) is 108 cm³/mol. The number of halogens is 4. The molecule has 0 aliphatic rings. The molecular formula is C21H18ClF3N2O4. The van der Waals surface area contributed by atoms with Gasteiger partial charge in [0.05, 0.1) is 29.0 Å². The fourth-order valence-electron chi connectivity index (χ4n) is 2.81. The fraction of sp³-hybridized carbons (Fsp3) is 0.238. The Hall–Kier alpha value is -3.20. The molecular weight excluding hydrogens is 437 g/mol. The third-order valence-electron chi connectivity index (χ3n) is 4.51. The number of hydrogen-bond acceptors (Lipinski definition) is 5. The molecule has 0 saturated heterocycles. The summed E-state index contributed by atoms with van der Waals surface area (Å²) in [5.74, 6) is 0.677. The molecule has 0 bridgehead atoms.